The number of aliphatic hydroxyl groups excluding tert-OH is 1. The first kappa shape index (κ1) is 16.2. The van der Waals surface area contributed by atoms with E-state index in [0.717, 1.165) is 11.1 Å². The van der Waals surface area contributed by atoms with E-state index >= 15 is 0 Å². The molecule has 2 N–H and O–H groups in total. The summed E-state index contributed by atoms with van der Waals surface area (Å²) >= 11 is 6.15. The molecule has 6 heteroatoms. The van der Waals surface area contributed by atoms with Crippen molar-refractivity contribution >= 4 is 23.2 Å². The molecule has 122 valence electrons. The zero-order valence-electron chi connectivity index (χ0n) is 13.0. The van der Waals surface area contributed by atoms with Crippen LogP contribution in [0.3, 0.4) is 0 Å². The number of rotatable bonds is 4. The number of hydrogen-bond acceptors (Lipinski definition) is 3. The molecule has 0 radical (unpaired) electrons. The number of aryl methyl sites for hydroxylation is 1. The van der Waals surface area contributed by atoms with Crippen LogP contribution in [0.2, 0.25) is 5.02 Å². The Hall–Kier alpha value is -2.63. The van der Waals surface area contributed by atoms with E-state index in [-0.39, 0.29) is 12.5 Å². The van der Waals surface area contributed by atoms with Crippen molar-refractivity contribution in [1.82, 2.24) is 9.78 Å². The third kappa shape index (κ3) is 3.32. The number of amides is 1. The largest absolute Gasteiger partial charge is 0.392 e. The quantitative estimate of drug-likeness (QED) is 0.762. The monoisotopic (exact) mass is 341 g/mol. The smallest absolute Gasteiger partial charge is 0.258 e. The van der Waals surface area contributed by atoms with Gasteiger partial charge in [0, 0.05) is 11.9 Å². The number of carbonyl (C=O) groups excluding carboxylic acids is 1. The van der Waals surface area contributed by atoms with Gasteiger partial charge in [-0.05, 0) is 36.2 Å². The molecule has 2 aromatic carbocycles. The van der Waals surface area contributed by atoms with Crippen LogP contribution >= 0.6 is 11.6 Å². The average Bonchev–Trinajstić information content (AvgIpc) is 3.07. The molecule has 3 aromatic rings. The SMILES string of the molecule is Cc1ccc(CO)cc1NC(=O)c1cnn(-c2ccccc2Cl)c1. The third-order valence-electron chi connectivity index (χ3n) is 3.68. The van der Waals surface area contributed by atoms with Gasteiger partial charge in [0.15, 0.2) is 0 Å². The lowest BCUT2D eigenvalue weighted by molar-refractivity contribution is 0.102. The molecular formula is C18H16ClN3O2. The van der Waals surface area contributed by atoms with E-state index in [1.807, 2.05) is 37.3 Å². The summed E-state index contributed by atoms with van der Waals surface area (Å²) in [6.45, 7) is 1.82. The number of anilines is 1. The number of hydrogen-bond donors (Lipinski definition) is 2. The third-order valence-corrected chi connectivity index (χ3v) is 4.00. The fourth-order valence-electron chi connectivity index (χ4n) is 2.31. The molecule has 0 fully saturated rings. The van der Waals surface area contributed by atoms with Crippen molar-refractivity contribution in [2.75, 3.05) is 5.32 Å². The standard InChI is InChI=1S/C18H16ClN3O2/c1-12-6-7-13(11-23)8-16(12)21-18(24)14-9-20-22(10-14)17-5-3-2-4-15(17)19/h2-10,23H,11H2,1H3,(H,21,24). The van der Waals surface area contributed by atoms with E-state index in [4.69, 9.17) is 11.6 Å². The number of halogens is 1. The van der Waals surface area contributed by atoms with E-state index in [1.54, 1.807) is 23.0 Å². The van der Waals surface area contributed by atoms with Crippen molar-refractivity contribution in [2.45, 2.75) is 13.5 Å². The van der Waals surface area contributed by atoms with Crippen molar-refractivity contribution < 1.29 is 9.90 Å². The fraction of sp³-hybridized carbons (Fsp3) is 0.111. The fourth-order valence-corrected chi connectivity index (χ4v) is 2.53. The Morgan fingerprint density at radius 2 is 2.08 bits per heavy atom. The summed E-state index contributed by atoms with van der Waals surface area (Å²) in [5.41, 5.74) is 3.44. The van der Waals surface area contributed by atoms with Crippen molar-refractivity contribution in [1.29, 1.82) is 0 Å². The van der Waals surface area contributed by atoms with Crippen molar-refractivity contribution in [2.24, 2.45) is 0 Å². The van der Waals surface area contributed by atoms with E-state index in [0.29, 0.717) is 22.0 Å². The Bertz CT molecular complexity index is 889. The minimum absolute atomic E-state index is 0.0758. The van der Waals surface area contributed by atoms with Crippen LogP contribution in [0.15, 0.2) is 54.9 Å². The lowest BCUT2D eigenvalue weighted by atomic mass is 10.1. The maximum atomic E-state index is 12.4. The van der Waals surface area contributed by atoms with Gasteiger partial charge in [-0.1, -0.05) is 35.9 Å². The Morgan fingerprint density at radius 1 is 1.29 bits per heavy atom. The van der Waals surface area contributed by atoms with Crippen LogP contribution in [0.1, 0.15) is 21.5 Å². The number of nitrogens with zero attached hydrogens (tertiary/aromatic N) is 2. The van der Waals surface area contributed by atoms with Crippen molar-refractivity contribution in [3.63, 3.8) is 0 Å². The van der Waals surface area contributed by atoms with E-state index < -0.39 is 0 Å². The van der Waals surface area contributed by atoms with Crippen LogP contribution in [-0.2, 0) is 6.61 Å². The second-order valence-corrected chi connectivity index (χ2v) is 5.79. The number of aliphatic hydroxyl groups is 1. The van der Waals surface area contributed by atoms with E-state index in [9.17, 15) is 9.90 Å². The molecule has 1 aromatic heterocycles. The lowest BCUT2D eigenvalue weighted by Crippen LogP contribution is -2.12. The second-order valence-electron chi connectivity index (χ2n) is 5.39. The highest BCUT2D eigenvalue weighted by Gasteiger charge is 2.12. The molecule has 0 saturated carbocycles. The predicted octanol–water partition coefficient (Wildman–Crippen LogP) is 3.58. The Labute approximate surface area is 144 Å². The summed E-state index contributed by atoms with van der Waals surface area (Å²) in [5.74, 6) is -0.272. The Kier molecular flexibility index (Phi) is 4.64. The lowest BCUT2D eigenvalue weighted by Gasteiger charge is -2.09. The highest BCUT2D eigenvalue weighted by atomic mass is 35.5. The van der Waals surface area contributed by atoms with Crippen LogP contribution in [-0.4, -0.2) is 20.8 Å². The molecule has 0 aliphatic heterocycles. The van der Waals surface area contributed by atoms with Crippen LogP contribution in [0, 0.1) is 6.92 Å². The average molecular weight is 342 g/mol. The van der Waals surface area contributed by atoms with Gasteiger partial charge >= 0.3 is 0 Å². The molecule has 5 nitrogen and oxygen atoms in total. The molecule has 0 bridgehead atoms. The molecule has 0 aliphatic rings. The van der Waals surface area contributed by atoms with Gasteiger partial charge in [0.2, 0.25) is 0 Å². The van der Waals surface area contributed by atoms with Gasteiger partial charge in [-0.25, -0.2) is 4.68 Å². The summed E-state index contributed by atoms with van der Waals surface area (Å²) < 4.78 is 1.56. The minimum atomic E-state index is -0.272. The molecule has 0 aliphatic carbocycles. The van der Waals surface area contributed by atoms with E-state index in [2.05, 4.69) is 10.4 Å². The number of aromatic nitrogens is 2. The molecule has 1 heterocycles. The summed E-state index contributed by atoms with van der Waals surface area (Å²) in [4.78, 5) is 12.4. The maximum absolute atomic E-state index is 12.4. The first-order chi connectivity index (χ1) is 11.6. The van der Waals surface area contributed by atoms with Gasteiger partial charge in [-0.2, -0.15) is 5.10 Å². The molecule has 3 rings (SSSR count). The molecular weight excluding hydrogens is 326 g/mol. The summed E-state index contributed by atoms with van der Waals surface area (Å²) in [5, 5.41) is 16.8. The molecule has 0 spiro atoms. The van der Waals surface area contributed by atoms with Crippen molar-refractivity contribution in [3.8, 4) is 5.69 Å². The van der Waals surface area contributed by atoms with E-state index in [1.165, 1.54) is 6.20 Å². The molecule has 24 heavy (non-hydrogen) atoms. The van der Waals surface area contributed by atoms with Gasteiger partial charge in [0.25, 0.3) is 5.91 Å². The maximum Gasteiger partial charge on any atom is 0.258 e. The van der Waals surface area contributed by atoms with Gasteiger partial charge in [0.05, 0.1) is 29.1 Å². The number of carbonyl (C=O) groups is 1. The molecule has 0 saturated heterocycles. The summed E-state index contributed by atoms with van der Waals surface area (Å²) in [7, 11) is 0. The Balaban J connectivity index is 1.83. The summed E-state index contributed by atoms with van der Waals surface area (Å²) in [6.07, 6.45) is 3.12. The second kappa shape index (κ2) is 6.86. The van der Waals surface area contributed by atoms with Gasteiger partial charge in [-0.3, -0.25) is 4.79 Å². The van der Waals surface area contributed by atoms with Gasteiger partial charge in [-0.15, -0.1) is 0 Å². The van der Waals surface area contributed by atoms with Crippen LogP contribution < -0.4 is 5.32 Å². The molecule has 0 unspecified atom stereocenters. The number of nitrogens with one attached hydrogen (secondary N) is 1. The predicted molar refractivity (Wildman–Crippen MR) is 93.6 cm³/mol. The zero-order valence-corrected chi connectivity index (χ0v) is 13.8. The Morgan fingerprint density at radius 3 is 2.83 bits per heavy atom. The van der Waals surface area contributed by atoms with Crippen LogP contribution in [0.4, 0.5) is 5.69 Å². The van der Waals surface area contributed by atoms with Crippen LogP contribution in [0.25, 0.3) is 5.69 Å². The molecule has 0 atom stereocenters. The highest BCUT2D eigenvalue weighted by molar-refractivity contribution is 6.32. The van der Waals surface area contributed by atoms with Gasteiger partial charge < -0.3 is 10.4 Å². The first-order valence-electron chi connectivity index (χ1n) is 7.40. The first-order valence-corrected chi connectivity index (χ1v) is 7.77. The van der Waals surface area contributed by atoms with Crippen LogP contribution in [0.5, 0.6) is 0 Å². The highest BCUT2D eigenvalue weighted by Crippen LogP contribution is 2.21. The van der Waals surface area contributed by atoms with Gasteiger partial charge in [0.1, 0.15) is 0 Å². The zero-order chi connectivity index (χ0) is 17.1. The summed E-state index contributed by atoms with van der Waals surface area (Å²) in [6, 6.07) is 12.7. The minimum Gasteiger partial charge on any atom is -0.392 e. The van der Waals surface area contributed by atoms with Crippen molar-refractivity contribution in [3.05, 3.63) is 76.6 Å². The normalized spacial score (nSPS) is 10.6. The topological polar surface area (TPSA) is 67.2 Å². The molecule has 1 amide bonds. The number of para-hydroxylation sites is 1. The number of benzene rings is 2.